The molecule has 0 spiro atoms. The highest BCUT2D eigenvalue weighted by Crippen LogP contribution is 2.13. The molecular weight excluding hydrogens is 160 g/mol. The van der Waals surface area contributed by atoms with E-state index in [4.69, 9.17) is 4.74 Å². The molecule has 13 heavy (non-hydrogen) atoms. The van der Waals surface area contributed by atoms with Crippen molar-refractivity contribution < 1.29 is 4.74 Å². The molecule has 0 N–H and O–H groups in total. The standard InChI is InChI=1S/C10H16O.C2H6/c1-9(2)3-4-10-5-7-11-8-6-10;1-2/h9-10H,5-8H2,1-2H3;1-2H3. The molecule has 1 nitrogen and oxygen atoms in total. The molecule has 0 atom stereocenters. The average molecular weight is 182 g/mol. The summed E-state index contributed by atoms with van der Waals surface area (Å²) in [6.45, 7) is 10.1. The summed E-state index contributed by atoms with van der Waals surface area (Å²) < 4.78 is 5.24. The molecule has 0 aromatic heterocycles. The molecule has 1 aliphatic heterocycles. The van der Waals surface area contributed by atoms with Gasteiger partial charge in [-0.25, -0.2) is 0 Å². The summed E-state index contributed by atoms with van der Waals surface area (Å²) in [4.78, 5) is 0. The highest BCUT2D eigenvalue weighted by atomic mass is 16.5. The molecule has 0 aromatic rings. The zero-order valence-electron chi connectivity index (χ0n) is 9.39. The molecule has 0 unspecified atom stereocenters. The van der Waals surface area contributed by atoms with Gasteiger partial charge in [0.15, 0.2) is 0 Å². The number of hydrogen-bond donors (Lipinski definition) is 0. The van der Waals surface area contributed by atoms with E-state index in [1.54, 1.807) is 0 Å². The number of hydrogen-bond acceptors (Lipinski definition) is 1. The number of rotatable bonds is 0. The minimum Gasteiger partial charge on any atom is -0.381 e. The zero-order chi connectivity index (χ0) is 10.1. The normalized spacial score (nSPS) is 17.0. The van der Waals surface area contributed by atoms with Gasteiger partial charge in [0.25, 0.3) is 0 Å². The van der Waals surface area contributed by atoms with Crippen molar-refractivity contribution in [3.05, 3.63) is 0 Å². The smallest absolute Gasteiger partial charge is 0.0477 e. The first-order valence-corrected chi connectivity index (χ1v) is 5.38. The molecule has 1 fully saturated rings. The molecule has 76 valence electrons. The summed E-state index contributed by atoms with van der Waals surface area (Å²) in [5.41, 5.74) is 0. The first-order valence-electron chi connectivity index (χ1n) is 5.38. The van der Waals surface area contributed by atoms with Crippen LogP contribution in [-0.2, 0) is 4.74 Å². The van der Waals surface area contributed by atoms with E-state index in [1.165, 1.54) is 0 Å². The Balaban J connectivity index is 0.000000671. The van der Waals surface area contributed by atoms with Gasteiger partial charge < -0.3 is 4.74 Å². The van der Waals surface area contributed by atoms with Crippen molar-refractivity contribution in [3.8, 4) is 11.8 Å². The molecule has 1 saturated heterocycles. The van der Waals surface area contributed by atoms with Crippen molar-refractivity contribution in [2.24, 2.45) is 11.8 Å². The maximum atomic E-state index is 5.24. The summed E-state index contributed by atoms with van der Waals surface area (Å²) >= 11 is 0. The largest absolute Gasteiger partial charge is 0.381 e. The van der Waals surface area contributed by atoms with Crippen molar-refractivity contribution in [1.82, 2.24) is 0 Å². The predicted molar refractivity (Wildman–Crippen MR) is 57.5 cm³/mol. The van der Waals surface area contributed by atoms with Crippen LogP contribution in [0.3, 0.4) is 0 Å². The minimum atomic E-state index is 0.512. The molecule has 1 heteroatoms. The fourth-order valence-corrected chi connectivity index (χ4v) is 1.13. The Morgan fingerprint density at radius 1 is 1.15 bits per heavy atom. The van der Waals surface area contributed by atoms with E-state index in [1.807, 2.05) is 13.8 Å². The maximum absolute atomic E-state index is 5.24. The van der Waals surface area contributed by atoms with Gasteiger partial charge in [-0.15, -0.1) is 5.92 Å². The van der Waals surface area contributed by atoms with Crippen LogP contribution < -0.4 is 0 Å². The molecule has 0 radical (unpaired) electrons. The van der Waals surface area contributed by atoms with Gasteiger partial charge in [-0.3, -0.25) is 0 Å². The molecule has 0 aromatic carbocycles. The second kappa shape index (κ2) is 8.13. The summed E-state index contributed by atoms with van der Waals surface area (Å²) in [5, 5.41) is 0. The van der Waals surface area contributed by atoms with Crippen LogP contribution in [0.25, 0.3) is 0 Å². The van der Waals surface area contributed by atoms with E-state index in [0.717, 1.165) is 26.1 Å². The van der Waals surface area contributed by atoms with Crippen LogP contribution >= 0.6 is 0 Å². The van der Waals surface area contributed by atoms with Crippen molar-refractivity contribution in [2.75, 3.05) is 13.2 Å². The Labute approximate surface area is 82.9 Å². The van der Waals surface area contributed by atoms with Crippen LogP contribution in [0.1, 0.15) is 40.5 Å². The Morgan fingerprint density at radius 3 is 2.15 bits per heavy atom. The van der Waals surface area contributed by atoms with Crippen molar-refractivity contribution in [1.29, 1.82) is 0 Å². The van der Waals surface area contributed by atoms with Crippen LogP contribution in [-0.4, -0.2) is 13.2 Å². The first-order chi connectivity index (χ1) is 6.29. The van der Waals surface area contributed by atoms with Crippen LogP contribution in [0.4, 0.5) is 0 Å². The summed E-state index contributed by atoms with van der Waals surface area (Å²) in [7, 11) is 0. The van der Waals surface area contributed by atoms with Crippen LogP contribution in [0.15, 0.2) is 0 Å². The summed E-state index contributed by atoms with van der Waals surface area (Å²) in [5.74, 6) is 7.62. The van der Waals surface area contributed by atoms with Crippen LogP contribution in [0, 0.1) is 23.7 Å². The lowest BCUT2D eigenvalue weighted by molar-refractivity contribution is 0.0806. The molecule has 0 aliphatic carbocycles. The highest BCUT2D eigenvalue weighted by Gasteiger charge is 2.09. The van der Waals surface area contributed by atoms with Crippen molar-refractivity contribution in [3.63, 3.8) is 0 Å². The zero-order valence-corrected chi connectivity index (χ0v) is 9.39. The SMILES string of the molecule is CC.CC(C)C#CC1CCOCC1. The van der Waals surface area contributed by atoms with Gasteiger partial charge in [-0.2, -0.15) is 0 Å². The second-order valence-corrected chi connectivity index (χ2v) is 3.33. The summed E-state index contributed by atoms with van der Waals surface area (Å²) in [6.07, 6.45) is 2.25. The Morgan fingerprint density at radius 2 is 1.69 bits per heavy atom. The van der Waals surface area contributed by atoms with Gasteiger partial charge in [0, 0.05) is 25.0 Å². The molecule has 0 saturated carbocycles. The Kier molecular flexibility index (Phi) is 7.83. The van der Waals surface area contributed by atoms with Crippen LogP contribution in [0.5, 0.6) is 0 Å². The Bertz CT molecular complexity index is 156. The molecule has 1 heterocycles. The van der Waals surface area contributed by atoms with Gasteiger partial charge in [-0.1, -0.05) is 33.6 Å². The van der Waals surface area contributed by atoms with Crippen molar-refractivity contribution >= 4 is 0 Å². The van der Waals surface area contributed by atoms with Crippen LogP contribution in [0.2, 0.25) is 0 Å². The monoisotopic (exact) mass is 182 g/mol. The third-order valence-electron chi connectivity index (χ3n) is 1.80. The lowest BCUT2D eigenvalue weighted by Crippen LogP contribution is -2.14. The third kappa shape index (κ3) is 6.66. The molecular formula is C12H22O. The van der Waals surface area contributed by atoms with Gasteiger partial charge in [0.05, 0.1) is 0 Å². The molecule has 1 aliphatic rings. The van der Waals surface area contributed by atoms with E-state index < -0.39 is 0 Å². The first kappa shape index (κ1) is 12.5. The molecule has 1 rings (SSSR count). The van der Waals surface area contributed by atoms with E-state index in [0.29, 0.717) is 11.8 Å². The minimum absolute atomic E-state index is 0.512. The average Bonchev–Trinajstić information content (AvgIpc) is 2.19. The topological polar surface area (TPSA) is 9.23 Å². The maximum Gasteiger partial charge on any atom is 0.0477 e. The van der Waals surface area contributed by atoms with E-state index in [-0.39, 0.29) is 0 Å². The number of ether oxygens (including phenoxy) is 1. The third-order valence-corrected chi connectivity index (χ3v) is 1.80. The fraction of sp³-hybridized carbons (Fsp3) is 0.833. The van der Waals surface area contributed by atoms with Gasteiger partial charge in [0.1, 0.15) is 0 Å². The lowest BCUT2D eigenvalue weighted by atomic mass is 10.0. The van der Waals surface area contributed by atoms with E-state index >= 15 is 0 Å². The second-order valence-electron chi connectivity index (χ2n) is 3.33. The fourth-order valence-electron chi connectivity index (χ4n) is 1.13. The van der Waals surface area contributed by atoms with E-state index in [2.05, 4.69) is 25.7 Å². The Hall–Kier alpha value is -0.480. The van der Waals surface area contributed by atoms with Gasteiger partial charge >= 0.3 is 0 Å². The lowest BCUT2D eigenvalue weighted by Gasteiger charge is -2.16. The molecule has 0 amide bonds. The van der Waals surface area contributed by atoms with Gasteiger partial charge in [-0.05, 0) is 12.8 Å². The van der Waals surface area contributed by atoms with Gasteiger partial charge in [0.2, 0.25) is 0 Å². The van der Waals surface area contributed by atoms with Crippen molar-refractivity contribution in [2.45, 2.75) is 40.5 Å². The van der Waals surface area contributed by atoms with E-state index in [9.17, 15) is 0 Å². The molecule has 0 bridgehead atoms. The highest BCUT2D eigenvalue weighted by molar-refractivity contribution is 5.05. The summed E-state index contributed by atoms with van der Waals surface area (Å²) in [6, 6.07) is 0. The predicted octanol–water partition coefficient (Wildman–Crippen LogP) is 3.10. The quantitative estimate of drug-likeness (QED) is 0.523.